The van der Waals surface area contributed by atoms with Crippen LogP contribution in [0, 0.1) is 0 Å². The Labute approximate surface area is 103 Å². The van der Waals surface area contributed by atoms with Crippen LogP contribution in [-0.2, 0) is 11.3 Å². The lowest BCUT2D eigenvalue weighted by Crippen LogP contribution is -2.34. The number of pyridine rings is 1. The Morgan fingerprint density at radius 1 is 1.53 bits per heavy atom. The summed E-state index contributed by atoms with van der Waals surface area (Å²) in [6.45, 7) is 4.46. The maximum absolute atomic E-state index is 11.8. The summed E-state index contributed by atoms with van der Waals surface area (Å²) in [6.07, 6.45) is 4.68. The van der Waals surface area contributed by atoms with E-state index >= 15 is 0 Å². The molecule has 0 aromatic carbocycles. The second kappa shape index (κ2) is 5.77. The van der Waals surface area contributed by atoms with Crippen LogP contribution in [0.15, 0.2) is 24.5 Å². The molecule has 1 heterocycles. The van der Waals surface area contributed by atoms with Crippen molar-refractivity contribution in [2.75, 3.05) is 7.05 Å². The highest BCUT2D eigenvalue weighted by atomic mass is 16.2. The van der Waals surface area contributed by atoms with E-state index in [9.17, 15) is 4.79 Å². The second-order valence-corrected chi connectivity index (χ2v) is 5.10. The normalized spacial score (nSPS) is 11.3. The number of amides is 1. The van der Waals surface area contributed by atoms with Gasteiger partial charge >= 0.3 is 0 Å². The van der Waals surface area contributed by atoms with Gasteiger partial charge in [-0.2, -0.15) is 0 Å². The molecular formula is C13H21N3O. The fraction of sp³-hybridized carbons (Fsp3) is 0.538. The number of aromatic nitrogens is 1. The highest BCUT2D eigenvalue weighted by Gasteiger charge is 2.15. The largest absolute Gasteiger partial charge is 0.341 e. The first-order valence-electron chi connectivity index (χ1n) is 5.80. The van der Waals surface area contributed by atoms with E-state index in [0.29, 0.717) is 19.4 Å². The van der Waals surface area contributed by atoms with Crippen LogP contribution in [0.2, 0.25) is 0 Å². The Morgan fingerprint density at radius 2 is 2.24 bits per heavy atom. The van der Waals surface area contributed by atoms with Gasteiger partial charge in [0.2, 0.25) is 5.91 Å². The summed E-state index contributed by atoms with van der Waals surface area (Å²) in [5, 5.41) is 0. The molecule has 0 aliphatic rings. The minimum absolute atomic E-state index is 0.118. The van der Waals surface area contributed by atoms with Gasteiger partial charge in [-0.1, -0.05) is 6.07 Å². The molecule has 1 amide bonds. The van der Waals surface area contributed by atoms with Gasteiger partial charge in [0.1, 0.15) is 0 Å². The lowest BCUT2D eigenvalue weighted by Gasteiger charge is -2.21. The molecule has 1 rings (SSSR count). The number of carbonyl (C=O) groups excluding carboxylic acids is 1. The van der Waals surface area contributed by atoms with Gasteiger partial charge < -0.3 is 10.6 Å². The number of hydrogen-bond donors (Lipinski definition) is 1. The van der Waals surface area contributed by atoms with Crippen molar-refractivity contribution in [2.45, 2.75) is 38.8 Å². The zero-order valence-corrected chi connectivity index (χ0v) is 10.8. The van der Waals surface area contributed by atoms with Crippen LogP contribution in [0.5, 0.6) is 0 Å². The molecule has 0 unspecified atom stereocenters. The lowest BCUT2D eigenvalue weighted by atomic mass is 10.00. The molecule has 94 valence electrons. The molecule has 0 aliphatic heterocycles. The predicted molar refractivity (Wildman–Crippen MR) is 68.2 cm³/mol. The average Bonchev–Trinajstić information content (AvgIpc) is 2.26. The van der Waals surface area contributed by atoms with Crippen LogP contribution in [0.25, 0.3) is 0 Å². The third kappa shape index (κ3) is 5.45. The van der Waals surface area contributed by atoms with Crippen molar-refractivity contribution in [1.82, 2.24) is 9.88 Å². The van der Waals surface area contributed by atoms with Crippen LogP contribution >= 0.6 is 0 Å². The minimum atomic E-state index is -0.287. The van der Waals surface area contributed by atoms with Gasteiger partial charge in [-0.05, 0) is 31.9 Å². The highest BCUT2D eigenvalue weighted by molar-refractivity contribution is 5.75. The maximum atomic E-state index is 11.8. The van der Waals surface area contributed by atoms with Gasteiger partial charge in [0.25, 0.3) is 0 Å². The van der Waals surface area contributed by atoms with E-state index in [1.54, 1.807) is 24.3 Å². The Balaban J connectivity index is 2.43. The molecule has 0 radical (unpaired) electrons. The van der Waals surface area contributed by atoms with Crippen molar-refractivity contribution < 1.29 is 4.79 Å². The Hall–Kier alpha value is -1.42. The van der Waals surface area contributed by atoms with Crippen molar-refractivity contribution >= 4 is 5.91 Å². The van der Waals surface area contributed by atoms with Crippen LogP contribution in [0.3, 0.4) is 0 Å². The monoisotopic (exact) mass is 235 g/mol. The third-order valence-corrected chi connectivity index (χ3v) is 2.55. The minimum Gasteiger partial charge on any atom is -0.341 e. The number of rotatable bonds is 5. The number of hydrogen-bond acceptors (Lipinski definition) is 3. The Bertz CT molecular complexity index is 357. The average molecular weight is 235 g/mol. The summed E-state index contributed by atoms with van der Waals surface area (Å²) in [5.74, 6) is 0.118. The Kier molecular flexibility index (Phi) is 4.63. The Morgan fingerprint density at radius 3 is 2.76 bits per heavy atom. The molecule has 17 heavy (non-hydrogen) atoms. The topological polar surface area (TPSA) is 59.2 Å². The van der Waals surface area contributed by atoms with E-state index in [2.05, 4.69) is 4.98 Å². The fourth-order valence-electron chi connectivity index (χ4n) is 1.47. The van der Waals surface area contributed by atoms with E-state index in [0.717, 1.165) is 5.56 Å². The van der Waals surface area contributed by atoms with Gasteiger partial charge in [-0.3, -0.25) is 9.78 Å². The molecule has 0 saturated carbocycles. The summed E-state index contributed by atoms with van der Waals surface area (Å²) >= 11 is 0. The maximum Gasteiger partial charge on any atom is 0.222 e. The van der Waals surface area contributed by atoms with Crippen molar-refractivity contribution in [3.8, 4) is 0 Å². The molecule has 4 heteroatoms. The molecular weight excluding hydrogens is 214 g/mol. The van der Waals surface area contributed by atoms with Crippen LogP contribution in [0.1, 0.15) is 32.3 Å². The van der Waals surface area contributed by atoms with Gasteiger partial charge in [0.15, 0.2) is 0 Å². The molecule has 0 saturated heterocycles. The number of nitrogens with zero attached hydrogens (tertiary/aromatic N) is 2. The molecule has 0 spiro atoms. The van der Waals surface area contributed by atoms with Crippen molar-refractivity contribution in [1.29, 1.82) is 0 Å². The molecule has 0 aliphatic carbocycles. The molecule has 1 aromatic heterocycles. The van der Waals surface area contributed by atoms with E-state index < -0.39 is 0 Å². The SMILES string of the molecule is CN(Cc1cccnc1)C(=O)CCC(C)(C)N. The molecule has 0 fully saturated rings. The highest BCUT2D eigenvalue weighted by Crippen LogP contribution is 2.10. The van der Waals surface area contributed by atoms with Crippen molar-refractivity contribution in [2.24, 2.45) is 5.73 Å². The predicted octanol–water partition coefficient (Wildman–Crippen LogP) is 1.56. The van der Waals surface area contributed by atoms with Gasteiger partial charge in [-0.15, -0.1) is 0 Å². The summed E-state index contributed by atoms with van der Waals surface area (Å²) in [7, 11) is 1.80. The van der Waals surface area contributed by atoms with E-state index in [1.165, 1.54) is 0 Å². The summed E-state index contributed by atoms with van der Waals surface area (Å²) in [4.78, 5) is 17.6. The first-order chi connectivity index (χ1) is 7.88. The van der Waals surface area contributed by atoms with Crippen LogP contribution in [-0.4, -0.2) is 28.4 Å². The van der Waals surface area contributed by atoms with E-state index in [1.807, 2.05) is 26.0 Å². The van der Waals surface area contributed by atoms with Crippen molar-refractivity contribution in [3.05, 3.63) is 30.1 Å². The first kappa shape index (κ1) is 13.6. The van der Waals surface area contributed by atoms with Crippen LogP contribution in [0.4, 0.5) is 0 Å². The zero-order valence-electron chi connectivity index (χ0n) is 10.8. The number of carbonyl (C=O) groups is 1. The summed E-state index contributed by atoms with van der Waals surface area (Å²) in [6, 6.07) is 3.83. The summed E-state index contributed by atoms with van der Waals surface area (Å²) < 4.78 is 0. The first-order valence-corrected chi connectivity index (χ1v) is 5.80. The van der Waals surface area contributed by atoms with Crippen LogP contribution < -0.4 is 5.73 Å². The van der Waals surface area contributed by atoms with E-state index in [4.69, 9.17) is 5.73 Å². The van der Waals surface area contributed by atoms with E-state index in [-0.39, 0.29) is 11.4 Å². The second-order valence-electron chi connectivity index (χ2n) is 5.10. The lowest BCUT2D eigenvalue weighted by molar-refractivity contribution is -0.130. The molecule has 0 bridgehead atoms. The standard InChI is InChI=1S/C13H21N3O/c1-13(2,14)7-6-12(17)16(3)10-11-5-4-8-15-9-11/h4-5,8-9H,6-7,10,14H2,1-3H3. The smallest absolute Gasteiger partial charge is 0.222 e. The molecule has 0 atom stereocenters. The van der Waals surface area contributed by atoms with Gasteiger partial charge in [-0.25, -0.2) is 0 Å². The molecule has 2 N–H and O–H groups in total. The third-order valence-electron chi connectivity index (χ3n) is 2.55. The zero-order chi connectivity index (χ0) is 12.9. The van der Waals surface area contributed by atoms with Gasteiger partial charge in [0.05, 0.1) is 0 Å². The van der Waals surface area contributed by atoms with Gasteiger partial charge in [0, 0.05) is 37.9 Å². The number of nitrogens with two attached hydrogens (primary N) is 1. The molecule has 1 aromatic rings. The quantitative estimate of drug-likeness (QED) is 0.842. The fourth-order valence-corrected chi connectivity index (χ4v) is 1.47. The summed E-state index contributed by atoms with van der Waals surface area (Å²) in [5.41, 5.74) is 6.61. The van der Waals surface area contributed by atoms with Crippen molar-refractivity contribution in [3.63, 3.8) is 0 Å². The molecule has 4 nitrogen and oxygen atoms in total.